The number of anilines is 1. The molecule has 17 heavy (non-hydrogen) atoms. The lowest BCUT2D eigenvalue weighted by atomic mass is 10.3. The molecule has 6 heteroatoms. The summed E-state index contributed by atoms with van der Waals surface area (Å²) in [4.78, 5) is -0.137. The molecule has 0 saturated heterocycles. The van der Waals surface area contributed by atoms with Gasteiger partial charge in [0.2, 0.25) is 10.0 Å². The summed E-state index contributed by atoms with van der Waals surface area (Å²) in [7, 11) is -2.26. The van der Waals surface area contributed by atoms with Crippen molar-refractivity contribution in [1.82, 2.24) is 4.31 Å². The molecule has 1 rings (SSSR count). The Morgan fingerprint density at radius 2 is 2.12 bits per heavy atom. The molecule has 0 aliphatic rings. The van der Waals surface area contributed by atoms with Crippen molar-refractivity contribution in [2.24, 2.45) is 0 Å². The number of nitrogens with two attached hydrogens (primary N) is 1. The van der Waals surface area contributed by atoms with Crippen LogP contribution in [-0.4, -0.2) is 26.3 Å². The third-order valence-corrected chi connectivity index (χ3v) is 4.08. The SMILES string of the molecule is C=CCCN(C)S(=O)(=O)c1cc(N)cc(F)c1. The Balaban J connectivity index is 3.08. The maximum atomic E-state index is 13.1. The smallest absolute Gasteiger partial charge is 0.243 e. The lowest BCUT2D eigenvalue weighted by Crippen LogP contribution is -2.27. The average Bonchev–Trinajstić information content (AvgIpc) is 2.24. The molecule has 0 bridgehead atoms. The number of halogens is 1. The summed E-state index contributed by atoms with van der Waals surface area (Å²) in [6.45, 7) is 3.81. The van der Waals surface area contributed by atoms with Gasteiger partial charge in [0.05, 0.1) is 4.90 Å². The molecule has 0 aliphatic heterocycles. The van der Waals surface area contributed by atoms with E-state index in [1.54, 1.807) is 6.08 Å². The van der Waals surface area contributed by atoms with Crippen LogP contribution in [0.5, 0.6) is 0 Å². The van der Waals surface area contributed by atoms with Crippen molar-refractivity contribution in [1.29, 1.82) is 0 Å². The topological polar surface area (TPSA) is 63.4 Å². The van der Waals surface area contributed by atoms with E-state index in [9.17, 15) is 12.8 Å². The molecule has 2 N–H and O–H groups in total. The molecule has 0 aliphatic carbocycles. The van der Waals surface area contributed by atoms with E-state index in [-0.39, 0.29) is 10.6 Å². The Morgan fingerprint density at radius 1 is 1.47 bits per heavy atom. The maximum absolute atomic E-state index is 13.1. The number of hydrogen-bond acceptors (Lipinski definition) is 3. The number of rotatable bonds is 5. The molecule has 0 fully saturated rings. The van der Waals surface area contributed by atoms with Crippen molar-refractivity contribution in [3.63, 3.8) is 0 Å². The molecular weight excluding hydrogens is 243 g/mol. The van der Waals surface area contributed by atoms with Crippen LogP contribution in [0.1, 0.15) is 6.42 Å². The maximum Gasteiger partial charge on any atom is 0.243 e. The van der Waals surface area contributed by atoms with Crippen LogP contribution < -0.4 is 5.73 Å². The van der Waals surface area contributed by atoms with Crippen LogP contribution in [0.3, 0.4) is 0 Å². The van der Waals surface area contributed by atoms with Gasteiger partial charge in [-0.05, 0) is 24.6 Å². The molecule has 94 valence electrons. The fourth-order valence-electron chi connectivity index (χ4n) is 1.31. The highest BCUT2D eigenvalue weighted by molar-refractivity contribution is 7.89. The van der Waals surface area contributed by atoms with Gasteiger partial charge in [-0.25, -0.2) is 17.1 Å². The zero-order valence-electron chi connectivity index (χ0n) is 9.56. The summed E-state index contributed by atoms with van der Waals surface area (Å²) in [5, 5.41) is 0. The number of sulfonamides is 1. The molecule has 0 aromatic heterocycles. The second-order valence-electron chi connectivity index (χ2n) is 3.62. The highest BCUT2D eigenvalue weighted by Gasteiger charge is 2.21. The van der Waals surface area contributed by atoms with Crippen LogP contribution in [0.2, 0.25) is 0 Å². The molecule has 0 unspecified atom stereocenters. The average molecular weight is 258 g/mol. The van der Waals surface area contributed by atoms with Gasteiger partial charge in [-0.1, -0.05) is 6.08 Å². The number of nitrogens with zero attached hydrogens (tertiary/aromatic N) is 1. The van der Waals surface area contributed by atoms with Crippen molar-refractivity contribution in [3.8, 4) is 0 Å². The van der Waals surface area contributed by atoms with E-state index in [0.29, 0.717) is 13.0 Å². The van der Waals surface area contributed by atoms with E-state index in [2.05, 4.69) is 6.58 Å². The predicted molar refractivity (Wildman–Crippen MR) is 65.4 cm³/mol. The van der Waals surface area contributed by atoms with E-state index in [1.807, 2.05) is 0 Å². The van der Waals surface area contributed by atoms with Gasteiger partial charge < -0.3 is 5.73 Å². The van der Waals surface area contributed by atoms with Crippen molar-refractivity contribution < 1.29 is 12.8 Å². The van der Waals surface area contributed by atoms with Gasteiger partial charge in [-0.15, -0.1) is 6.58 Å². The largest absolute Gasteiger partial charge is 0.399 e. The minimum atomic E-state index is -3.69. The van der Waals surface area contributed by atoms with Crippen molar-refractivity contribution in [3.05, 3.63) is 36.7 Å². The number of nitrogen functional groups attached to an aromatic ring is 1. The predicted octanol–water partition coefficient (Wildman–Crippen LogP) is 1.60. The molecule has 1 aromatic rings. The van der Waals surface area contributed by atoms with Crippen molar-refractivity contribution in [2.45, 2.75) is 11.3 Å². The van der Waals surface area contributed by atoms with E-state index in [4.69, 9.17) is 5.73 Å². The lowest BCUT2D eigenvalue weighted by Gasteiger charge is -2.16. The van der Waals surface area contributed by atoms with Gasteiger partial charge in [0.15, 0.2) is 0 Å². The van der Waals surface area contributed by atoms with Crippen LogP contribution in [0.15, 0.2) is 35.7 Å². The normalized spacial score (nSPS) is 11.7. The fourth-order valence-corrected chi connectivity index (χ4v) is 2.56. The Bertz CT molecular complexity index is 494. The monoisotopic (exact) mass is 258 g/mol. The Kier molecular flexibility index (Phi) is 4.25. The molecule has 0 saturated carbocycles. The van der Waals surface area contributed by atoms with E-state index < -0.39 is 15.8 Å². The summed E-state index contributed by atoms with van der Waals surface area (Å²) < 4.78 is 38.3. The van der Waals surface area contributed by atoms with E-state index in [1.165, 1.54) is 13.1 Å². The minimum absolute atomic E-state index is 0.0840. The summed E-state index contributed by atoms with van der Waals surface area (Å²) in [5.41, 5.74) is 5.50. The number of hydrogen-bond donors (Lipinski definition) is 1. The third kappa shape index (κ3) is 3.28. The first-order chi connectivity index (χ1) is 7.87. The van der Waals surface area contributed by atoms with Gasteiger partial charge in [0.25, 0.3) is 0 Å². The molecular formula is C11H15FN2O2S. The van der Waals surface area contributed by atoms with Crippen LogP contribution in [0, 0.1) is 5.82 Å². The summed E-state index contributed by atoms with van der Waals surface area (Å²) in [5.74, 6) is -0.666. The van der Waals surface area contributed by atoms with Crippen LogP contribution in [0.4, 0.5) is 10.1 Å². The lowest BCUT2D eigenvalue weighted by molar-refractivity contribution is 0.474. The molecule has 1 aromatic carbocycles. The van der Waals surface area contributed by atoms with E-state index in [0.717, 1.165) is 16.4 Å². The Morgan fingerprint density at radius 3 is 2.65 bits per heavy atom. The first-order valence-electron chi connectivity index (χ1n) is 5.01. The van der Waals surface area contributed by atoms with Crippen molar-refractivity contribution >= 4 is 15.7 Å². The van der Waals surface area contributed by atoms with E-state index >= 15 is 0 Å². The van der Waals surface area contributed by atoms with Crippen molar-refractivity contribution in [2.75, 3.05) is 19.3 Å². The standard InChI is InChI=1S/C11H15FN2O2S/c1-3-4-5-14(2)17(15,16)11-7-9(12)6-10(13)8-11/h3,6-8H,1,4-5,13H2,2H3. The molecule has 4 nitrogen and oxygen atoms in total. The van der Waals surface area contributed by atoms with Gasteiger partial charge in [-0.2, -0.15) is 0 Å². The molecule has 0 amide bonds. The second kappa shape index (κ2) is 5.29. The zero-order valence-corrected chi connectivity index (χ0v) is 10.4. The highest BCUT2D eigenvalue weighted by atomic mass is 32.2. The van der Waals surface area contributed by atoms with Crippen LogP contribution in [0.25, 0.3) is 0 Å². The number of benzene rings is 1. The Hall–Kier alpha value is -1.40. The summed E-state index contributed by atoms with van der Waals surface area (Å²) >= 11 is 0. The molecule has 0 heterocycles. The third-order valence-electron chi connectivity index (χ3n) is 2.25. The summed E-state index contributed by atoms with van der Waals surface area (Å²) in [6, 6.07) is 3.27. The second-order valence-corrected chi connectivity index (χ2v) is 5.67. The first kappa shape index (κ1) is 13.7. The van der Waals surface area contributed by atoms with Gasteiger partial charge in [-0.3, -0.25) is 0 Å². The molecule has 0 spiro atoms. The Labute approximate surface area is 101 Å². The van der Waals surface area contributed by atoms with Gasteiger partial charge in [0.1, 0.15) is 5.82 Å². The first-order valence-corrected chi connectivity index (χ1v) is 6.45. The fraction of sp³-hybridized carbons (Fsp3) is 0.273. The van der Waals surface area contributed by atoms with Gasteiger partial charge in [0, 0.05) is 19.3 Å². The zero-order chi connectivity index (χ0) is 13.1. The molecule has 0 radical (unpaired) electrons. The van der Waals surface area contributed by atoms with Gasteiger partial charge >= 0.3 is 0 Å². The minimum Gasteiger partial charge on any atom is -0.399 e. The molecule has 0 atom stereocenters. The van der Waals surface area contributed by atoms with Crippen LogP contribution in [-0.2, 0) is 10.0 Å². The summed E-state index contributed by atoms with van der Waals surface area (Å²) in [6.07, 6.45) is 2.15. The quantitative estimate of drug-likeness (QED) is 0.644. The highest BCUT2D eigenvalue weighted by Crippen LogP contribution is 2.19. The van der Waals surface area contributed by atoms with Crippen LogP contribution >= 0.6 is 0 Å².